The molecule has 0 aromatic heterocycles. The molecule has 0 radical (unpaired) electrons. The Labute approximate surface area is 309 Å². The van der Waals surface area contributed by atoms with Crippen LogP contribution < -0.4 is 9.47 Å². The van der Waals surface area contributed by atoms with Gasteiger partial charge in [-0.25, -0.2) is 0 Å². The van der Waals surface area contributed by atoms with E-state index in [0.29, 0.717) is 51.4 Å². The lowest BCUT2D eigenvalue weighted by Gasteiger charge is -2.37. The lowest BCUT2D eigenvalue weighted by Crippen LogP contribution is -2.42. The summed E-state index contributed by atoms with van der Waals surface area (Å²) in [5, 5.41) is 0. The lowest BCUT2D eigenvalue weighted by atomic mass is 9.69. The average Bonchev–Trinajstić information content (AvgIpc) is 3.19. The van der Waals surface area contributed by atoms with Gasteiger partial charge in [0.15, 0.2) is 5.78 Å². The Morgan fingerprint density at radius 3 is 1.57 bits per heavy atom. The first-order chi connectivity index (χ1) is 24.9. The predicted molar refractivity (Wildman–Crippen MR) is 206 cm³/mol. The molecule has 0 unspecified atom stereocenters. The standard InChI is InChI=1S/C45H69NO5/c1-4-33-6-14-37(15-7-33)39-18-10-35(11-19-39)30-50-42-22-23-44(41(28-42)29-43(32(3)47)45(48)46-24-26-49-27-25-46)51-31-36-12-20-40(21-13-36)38-16-8-34(5-2)9-17-38/h22-23,28-29,33-40H,4-21,24-27,30-31H2,1-3H3/b43-29+/t33?,34?,35-,36-,37?,38?,39-,40-. The number of carbonyl (C=O) groups is 2. The van der Waals surface area contributed by atoms with Gasteiger partial charge >= 0.3 is 0 Å². The molecule has 5 aliphatic rings. The highest BCUT2D eigenvalue weighted by molar-refractivity contribution is 6.21. The van der Waals surface area contributed by atoms with E-state index in [-0.39, 0.29) is 17.3 Å². The van der Waals surface area contributed by atoms with Crippen molar-refractivity contribution in [2.75, 3.05) is 39.5 Å². The summed E-state index contributed by atoms with van der Waals surface area (Å²) >= 11 is 0. The Morgan fingerprint density at radius 2 is 1.12 bits per heavy atom. The molecule has 1 heterocycles. The highest BCUT2D eigenvalue weighted by atomic mass is 16.5. The largest absolute Gasteiger partial charge is 0.493 e. The van der Waals surface area contributed by atoms with E-state index < -0.39 is 0 Å². The third-order valence-corrected chi connectivity index (χ3v) is 14.2. The zero-order valence-corrected chi connectivity index (χ0v) is 32.4. The van der Waals surface area contributed by atoms with Crippen LogP contribution in [-0.4, -0.2) is 56.1 Å². The van der Waals surface area contributed by atoms with E-state index in [2.05, 4.69) is 13.8 Å². The Morgan fingerprint density at radius 1 is 0.667 bits per heavy atom. The number of hydrogen-bond donors (Lipinski definition) is 0. The molecular weight excluding hydrogens is 634 g/mol. The fraction of sp³-hybridized carbons (Fsp3) is 0.778. The van der Waals surface area contributed by atoms with Crippen LogP contribution >= 0.6 is 0 Å². The van der Waals surface area contributed by atoms with E-state index in [0.717, 1.165) is 52.6 Å². The molecule has 6 heteroatoms. The lowest BCUT2D eigenvalue weighted by molar-refractivity contribution is -0.132. The van der Waals surface area contributed by atoms with Gasteiger partial charge in [-0.2, -0.15) is 0 Å². The van der Waals surface area contributed by atoms with Gasteiger partial charge in [-0.3, -0.25) is 9.59 Å². The number of morpholine rings is 1. The van der Waals surface area contributed by atoms with Crippen molar-refractivity contribution >= 4 is 17.8 Å². The molecule has 5 fully saturated rings. The zero-order chi connectivity index (χ0) is 35.6. The summed E-state index contributed by atoms with van der Waals surface area (Å²) in [6.45, 7) is 9.59. The molecule has 1 aromatic carbocycles. The van der Waals surface area contributed by atoms with Crippen molar-refractivity contribution in [3.63, 3.8) is 0 Å². The van der Waals surface area contributed by atoms with E-state index in [1.807, 2.05) is 18.2 Å². The summed E-state index contributed by atoms with van der Waals surface area (Å²) in [4.78, 5) is 28.2. The van der Waals surface area contributed by atoms with Gasteiger partial charge in [-0.05, 0) is 156 Å². The number of ether oxygens (including phenoxy) is 3. The molecule has 0 N–H and O–H groups in total. The van der Waals surface area contributed by atoms with Crippen LogP contribution in [0.4, 0.5) is 0 Å². The molecular formula is C45H69NO5. The van der Waals surface area contributed by atoms with Gasteiger partial charge in [-0.1, -0.05) is 52.4 Å². The van der Waals surface area contributed by atoms with Gasteiger partial charge in [0.25, 0.3) is 5.91 Å². The van der Waals surface area contributed by atoms with Crippen molar-refractivity contribution in [3.05, 3.63) is 29.3 Å². The maximum atomic E-state index is 13.6. The maximum absolute atomic E-state index is 13.6. The van der Waals surface area contributed by atoms with Gasteiger partial charge < -0.3 is 19.1 Å². The third-order valence-electron chi connectivity index (χ3n) is 14.2. The second-order valence-electron chi connectivity index (χ2n) is 17.3. The first-order valence-electron chi connectivity index (χ1n) is 21.4. The van der Waals surface area contributed by atoms with Crippen LogP contribution in [0.25, 0.3) is 6.08 Å². The molecule has 0 bridgehead atoms. The molecule has 6 nitrogen and oxygen atoms in total. The highest BCUT2D eigenvalue weighted by Gasteiger charge is 2.32. The van der Waals surface area contributed by atoms with Crippen LogP contribution in [0.15, 0.2) is 23.8 Å². The summed E-state index contributed by atoms with van der Waals surface area (Å²) < 4.78 is 18.5. The van der Waals surface area contributed by atoms with E-state index in [1.54, 1.807) is 11.0 Å². The van der Waals surface area contributed by atoms with Gasteiger partial charge in [0.05, 0.1) is 32.0 Å². The van der Waals surface area contributed by atoms with Crippen molar-refractivity contribution in [3.8, 4) is 11.5 Å². The minimum Gasteiger partial charge on any atom is -0.493 e. The minimum absolute atomic E-state index is 0.198. The number of hydrogen-bond acceptors (Lipinski definition) is 5. The Kier molecular flexibility index (Phi) is 14.4. The highest BCUT2D eigenvalue weighted by Crippen LogP contribution is 2.44. The normalized spacial score (nSPS) is 32.3. The molecule has 284 valence electrons. The SMILES string of the molecule is CCC1CCC([C@H]2CC[C@H](COc3ccc(OC[C@H]4CC[C@H](C5CCC(CC)CC5)CC4)c(/C=C(\C(C)=O)C(=O)N4CCOCC4)c3)CC2)CC1. The molecule has 1 aromatic rings. The first-order valence-corrected chi connectivity index (χ1v) is 21.4. The summed E-state index contributed by atoms with van der Waals surface area (Å²) in [5.41, 5.74) is 0.954. The third kappa shape index (κ3) is 10.6. The van der Waals surface area contributed by atoms with E-state index in [4.69, 9.17) is 14.2 Å². The molecule has 51 heavy (non-hydrogen) atoms. The smallest absolute Gasteiger partial charge is 0.257 e. The zero-order valence-electron chi connectivity index (χ0n) is 32.4. The fourth-order valence-electron chi connectivity index (χ4n) is 10.5. The minimum atomic E-state index is -0.227. The van der Waals surface area contributed by atoms with Crippen LogP contribution in [-0.2, 0) is 14.3 Å². The number of Topliss-reactive ketones (excluding diaryl/α,β-unsaturated/α-hetero) is 1. The molecule has 4 saturated carbocycles. The summed E-state index contributed by atoms with van der Waals surface area (Å²) in [6.07, 6.45) is 26.2. The van der Waals surface area contributed by atoms with Crippen LogP contribution in [0.1, 0.15) is 142 Å². The van der Waals surface area contributed by atoms with Crippen molar-refractivity contribution in [1.29, 1.82) is 0 Å². The van der Waals surface area contributed by atoms with Crippen molar-refractivity contribution in [1.82, 2.24) is 4.90 Å². The number of amides is 1. The molecule has 1 aliphatic heterocycles. The Balaban J connectivity index is 1.07. The number of benzene rings is 1. The number of rotatable bonds is 13. The monoisotopic (exact) mass is 704 g/mol. The summed E-state index contributed by atoms with van der Waals surface area (Å²) in [5.74, 6) is 7.75. The molecule has 0 spiro atoms. The van der Waals surface area contributed by atoms with Crippen molar-refractivity contribution in [2.24, 2.45) is 47.3 Å². The van der Waals surface area contributed by atoms with E-state index >= 15 is 0 Å². The fourth-order valence-corrected chi connectivity index (χ4v) is 10.5. The topological polar surface area (TPSA) is 65.1 Å². The second kappa shape index (κ2) is 19.1. The quantitative estimate of drug-likeness (QED) is 0.116. The molecule has 0 atom stereocenters. The van der Waals surface area contributed by atoms with Crippen molar-refractivity contribution < 1.29 is 23.8 Å². The van der Waals surface area contributed by atoms with Gasteiger partial charge in [0.1, 0.15) is 11.5 Å². The van der Waals surface area contributed by atoms with Crippen LogP contribution in [0.3, 0.4) is 0 Å². The molecule has 4 aliphatic carbocycles. The Hall–Kier alpha value is -2.34. The molecule has 6 rings (SSSR count). The second-order valence-corrected chi connectivity index (χ2v) is 17.3. The number of ketones is 1. The summed E-state index contributed by atoms with van der Waals surface area (Å²) in [6, 6.07) is 6.01. The van der Waals surface area contributed by atoms with Crippen molar-refractivity contribution in [2.45, 2.75) is 136 Å². The maximum Gasteiger partial charge on any atom is 0.257 e. The van der Waals surface area contributed by atoms with Crippen LogP contribution in [0, 0.1) is 47.3 Å². The van der Waals surface area contributed by atoms with E-state index in [1.165, 1.54) is 122 Å². The summed E-state index contributed by atoms with van der Waals surface area (Å²) in [7, 11) is 0. The Bertz CT molecular complexity index is 1270. The number of nitrogens with zero attached hydrogens (tertiary/aromatic N) is 1. The van der Waals surface area contributed by atoms with Gasteiger partial charge in [0.2, 0.25) is 0 Å². The molecule has 1 saturated heterocycles. The van der Waals surface area contributed by atoms with Gasteiger partial charge in [0, 0.05) is 18.7 Å². The van der Waals surface area contributed by atoms with Crippen LogP contribution in [0.2, 0.25) is 0 Å². The molecule has 1 amide bonds. The average molecular weight is 704 g/mol. The van der Waals surface area contributed by atoms with Gasteiger partial charge in [-0.15, -0.1) is 0 Å². The first kappa shape index (κ1) is 38.4. The number of carbonyl (C=O) groups excluding carboxylic acids is 2. The van der Waals surface area contributed by atoms with E-state index in [9.17, 15) is 9.59 Å². The predicted octanol–water partition coefficient (Wildman–Crippen LogP) is 10.3. The van der Waals surface area contributed by atoms with Crippen LogP contribution in [0.5, 0.6) is 11.5 Å².